The lowest BCUT2D eigenvalue weighted by Gasteiger charge is -2.13. The maximum atomic E-state index is 13.7. The average molecular weight is 506 g/mol. The molecule has 178 valence electrons. The van der Waals surface area contributed by atoms with Crippen LogP contribution in [-0.4, -0.2) is 39.0 Å². The van der Waals surface area contributed by atoms with Crippen molar-refractivity contribution in [3.8, 4) is 11.4 Å². The fourth-order valence-electron chi connectivity index (χ4n) is 4.00. The van der Waals surface area contributed by atoms with Crippen molar-refractivity contribution < 1.29 is 9.53 Å². The summed E-state index contributed by atoms with van der Waals surface area (Å²) in [5.74, 6) is 0.505. The van der Waals surface area contributed by atoms with E-state index in [4.69, 9.17) is 9.72 Å². The van der Waals surface area contributed by atoms with Crippen LogP contribution in [0.2, 0.25) is 0 Å². The number of thioether (sulfide) groups is 1. The summed E-state index contributed by atoms with van der Waals surface area (Å²) in [6.45, 7) is 2.49. The van der Waals surface area contributed by atoms with Crippen molar-refractivity contribution in [2.75, 3.05) is 12.4 Å². The number of pyridine rings is 1. The van der Waals surface area contributed by atoms with Gasteiger partial charge in [0.2, 0.25) is 0 Å². The molecule has 3 heterocycles. The zero-order valence-corrected chi connectivity index (χ0v) is 20.7. The largest absolute Gasteiger partial charge is 0.494 e. The molecule has 0 unspecified atom stereocenters. The lowest BCUT2D eigenvalue weighted by atomic mass is 10.2. The lowest BCUT2D eigenvalue weighted by Crippen LogP contribution is -2.24. The van der Waals surface area contributed by atoms with E-state index in [0.717, 1.165) is 41.0 Å². The van der Waals surface area contributed by atoms with Crippen molar-refractivity contribution in [1.82, 2.24) is 20.0 Å². The quantitative estimate of drug-likeness (QED) is 0.168. The highest BCUT2D eigenvalue weighted by Crippen LogP contribution is 2.36. The highest BCUT2D eigenvalue weighted by molar-refractivity contribution is 7.99. The minimum absolute atomic E-state index is 0.0632. The van der Waals surface area contributed by atoms with Gasteiger partial charge in [-0.05, 0) is 73.7 Å². The Morgan fingerprint density at radius 1 is 1.23 bits per heavy atom. The number of aryl methyl sites for hydroxylation is 2. The fourth-order valence-corrected chi connectivity index (χ4v) is 6.11. The first-order chi connectivity index (χ1) is 17.1. The van der Waals surface area contributed by atoms with Crippen LogP contribution in [-0.2, 0) is 17.6 Å². The molecule has 4 aromatic rings. The van der Waals surface area contributed by atoms with Crippen molar-refractivity contribution in [2.45, 2.75) is 31.3 Å². The van der Waals surface area contributed by atoms with Crippen molar-refractivity contribution in [3.05, 3.63) is 75.1 Å². The molecule has 0 aliphatic heterocycles. The van der Waals surface area contributed by atoms with E-state index >= 15 is 0 Å². The first kappa shape index (κ1) is 23.3. The SMILES string of the molecule is CCOc1ccc(-n2c(SCC(=O)NN=Cc3ccncc3)nc3sc4c(c3c2=O)CCC4)cc1. The molecule has 1 amide bonds. The van der Waals surface area contributed by atoms with Crippen LogP contribution in [0.5, 0.6) is 5.75 Å². The molecule has 0 spiro atoms. The number of rotatable bonds is 8. The Morgan fingerprint density at radius 2 is 2.03 bits per heavy atom. The Hall–Kier alpha value is -3.50. The van der Waals surface area contributed by atoms with E-state index in [1.54, 1.807) is 46.6 Å². The Kier molecular flexibility index (Phi) is 6.91. The minimum atomic E-state index is -0.290. The molecule has 1 aromatic carbocycles. The van der Waals surface area contributed by atoms with Crippen LogP contribution in [0.1, 0.15) is 29.3 Å². The smallest absolute Gasteiger partial charge is 0.267 e. The second-order valence-corrected chi connectivity index (χ2v) is 9.89. The lowest BCUT2D eigenvalue weighted by molar-refractivity contribution is -0.118. The number of aromatic nitrogens is 3. The van der Waals surface area contributed by atoms with Crippen LogP contribution in [0.4, 0.5) is 0 Å². The number of nitrogens with zero attached hydrogens (tertiary/aromatic N) is 4. The first-order valence-corrected chi connectivity index (χ1v) is 13.1. The van der Waals surface area contributed by atoms with Gasteiger partial charge in [0, 0.05) is 17.3 Å². The molecular formula is C25H23N5O3S2. The summed E-state index contributed by atoms with van der Waals surface area (Å²) in [5.41, 5.74) is 5.07. The minimum Gasteiger partial charge on any atom is -0.494 e. The number of fused-ring (bicyclic) bond motifs is 3. The Labute approximate surface area is 210 Å². The van der Waals surface area contributed by atoms with Gasteiger partial charge < -0.3 is 4.74 Å². The summed E-state index contributed by atoms with van der Waals surface area (Å²) in [6, 6.07) is 10.9. The van der Waals surface area contributed by atoms with Crippen molar-refractivity contribution in [1.29, 1.82) is 0 Å². The molecule has 3 aromatic heterocycles. The molecule has 1 aliphatic rings. The third-order valence-corrected chi connectivity index (χ3v) is 7.68. The number of hydrogen-bond donors (Lipinski definition) is 1. The molecule has 5 rings (SSSR count). The van der Waals surface area contributed by atoms with E-state index in [1.165, 1.54) is 16.6 Å². The van der Waals surface area contributed by atoms with E-state index in [-0.39, 0.29) is 17.2 Å². The second kappa shape index (κ2) is 10.4. The maximum Gasteiger partial charge on any atom is 0.267 e. The van der Waals surface area contributed by atoms with E-state index < -0.39 is 0 Å². The molecule has 8 nitrogen and oxygen atoms in total. The van der Waals surface area contributed by atoms with E-state index in [9.17, 15) is 9.59 Å². The summed E-state index contributed by atoms with van der Waals surface area (Å²) >= 11 is 2.80. The van der Waals surface area contributed by atoms with Crippen LogP contribution in [0.25, 0.3) is 15.9 Å². The Balaban J connectivity index is 1.43. The van der Waals surface area contributed by atoms with E-state index in [0.29, 0.717) is 22.8 Å². The number of hydrogen-bond acceptors (Lipinski definition) is 8. The van der Waals surface area contributed by atoms with Crippen LogP contribution in [0.15, 0.2) is 63.8 Å². The summed E-state index contributed by atoms with van der Waals surface area (Å²) in [5, 5.41) is 5.17. The van der Waals surface area contributed by atoms with Crippen molar-refractivity contribution in [3.63, 3.8) is 0 Å². The number of hydrazone groups is 1. The second-order valence-electron chi connectivity index (χ2n) is 7.86. The number of thiophene rings is 1. The molecule has 0 radical (unpaired) electrons. The average Bonchev–Trinajstić information content (AvgIpc) is 3.45. The molecule has 0 saturated heterocycles. The van der Waals surface area contributed by atoms with E-state index in [2.05, 4.69) is 15.5 Å². The molecule has 35 heavy (non-hydrogen) atoms. The van der Waals surface area contributed by atoms with Crippen molar-refractivity contribution in [2.24, 2.45) is 5.10 Å². The summed E-state index contributed by atoms with van der Waals surface area (Å²) in [6.07, 6.45) is 7.82. The summed E-state index contributed by atoms with van der Waals surface area (Å²) in [7, 11) is 0. The Morgan fingerprint density at radius 3 is 2.80 bits per heavy atom. The van der Waals surface area contributed by atoms with E-state index in [1.807, 2.05) is 31.2 Å². The number of ether oxygens (including phenoxy) is 1. The topological polar surface area (TPSA) is 98.5 Å². The first-order valence-electron chi connectivity index (χ1n) is 11.3. The van der Waals surface area contributed by atoms with Gasteiger partial charge in [-0.1, -0.05) is 11.8 Å². The fraction of sp³-hybridized carbons (Fsp3) is 0.240. The van der Waals surface area contributed by atoms with Gasteiger partial charge >= 0.3 is 0 Å². The predicted molar refractivity (Wildman–Crippen MR) is 139 cm³/mol. The number of carbonyl (C=O) groups excluding carboxylic acids is 1. The Bertz CT molecular complexity index is 1450. The molecule has 0 fully saturated rings. The number of benzene rings is 1. The summed E-state index contributed by atoms with van der Waals surface area (Å²) in [4.78, 5) is 36.9. The summed E-state index contributed by atoms with van der Waals surface area (Å²) < 4.78 is 7.15. The van der Waals surface area contributed by atoms with Crippen LogP contribution in [0, 0.1) is 0 Å². The van der Waals surface area contributed by atoms with Gasteiger partial charge in [0.1, 0.15) is 10.6 Å². The van der Waals surface area contributed by atoms with Gasteiger partial charge in [0.05, 0.1) is 29.6 Å². The molecule has 1 N–H and O–H groups in total. The number of amides is 1. The standard InChI is InChI=1S/C25H23N5O3S2/c1-2-33-18-8-6-17(7-9-18)30-24(32)22-19-4-3-5-20(19)35-23(22)28-25(30)34-15-21(31)29-27-14-16-10-12-26-13-11-16/h6-14H,2-5,15H2,1H3,(H,29,31). The molecule has 10 heteroatoms. The number of carbonyl (C=O) groups is 1. The monoisotopic (exact) mass is 505 g/mol. The number of nitrogens with one attached hydrogen (secondary N) is 1. The van der Waals surface area contributed by atoms with Gasteiger partial charge in [-0.2, -0.15) is 5.10 Å². The molecule has 1 aliphatic carbocycles. The zero-order chi connectivity index (χ0) is 24.2. The molecule has 0 saturated carbocycles. The molecule has 0 atom stereocenters. The zero-order valence-electron chi connectivity index (χ0n) is 19.1. The normalized spacial score (nSPS) is 12.8. The van der Waals surface area contributed by atoms with Gasteiger partial charge in [0.15, 0.2) is 5.16 Å². The van der Waals surface area contributed by atoms with Gasteiger partial charge in [-0.3, -0.25) is 19.1 Å². The third-order valence-electron chi connectivity index (χ3n) is 5.56. The highest BCUT2D eigenvalue weighted by atomic mass is 32.2. The molecular weight excluding hydrogens is 482 g/mol. The van der Waals surface area contributed by atoms with Gasteiger partial charge in [0.25, 0.3) is 11.5 Å². The molecule has 0 bridgehead atoms. The predicted octanol–water partition coefficient (Wildman–Crippen LogP) is 3.97. The maximum absolute atomic E-state index is 13.7. The van der Waals surface area contributed by atoms with Gasteiger partial charge in [-0.25, -0.2) is 10.4 Å². The van der Waals surface area contributed by atoms with Crippen LogP contribution >= 0.6 is 23.1 Å². The van der Waals surface area contributed by atoms with Crippen LogP contribution < -0.4 is 15.7 Å². The van der Waals surface area contributed by atoms with Crippen molar-refractivity contribution >= 4 is 45.4 Å². The highest BCUT2D eigenvalue weighted by Gasteiger charge is 2.24. The van der Waals surface area contributed by atoms with Crippen LogP contribution in [0.3, 0.4) is 0 Å². The third kappa shape index (κ3) is 4.98. The van der Waals surface area contributed by atoms with Gasteiger partial charge in [-0.15, -0.1) is 11.3 Å².